The maximum absolute atomic E-state index is 11.2. The van der Waals surface area contributed by atoms with Crippen LogP contribution in [0.2, 0.25) is 0 Å². The van der Waals surface area contributed by atoms with Crippen LogP contribution < -0.4 is 10.6 Å². The first-order valence-electron chi connectivity index (χ1n) is 5.99. The van der Waals surface area contributed by atoms with Crippen LogP contribution in [0.25, 0.3) is 0 Å². The van der Waals surface area contributed by atoms with Gasteiger partial charge in [0, 0.05) is 32.0 Å². The van der Waals surface area contributed by atoms with Crippen LogP contribution in [0.1, 0.15) is 31.5 Å². The molecule has 0 atom stereocenters. The summed E-state index contributed by atoms with van der Waals surface area (Å²) in [4.78, 5) is 19.7. The number of ketones is 1. The highest BCUT2D eigenvalue weighted by Gasteiger charge is 2.18. The molecule has 1 aromatic heterocycles. The van der Waals surface area contributed by atoms with E-state index in [0.717, 1.165) is 30.3 Å². The third kappa shape index (κ3) is 3.15. The van der Waals surface area contributed by atoms with E-state index in [-0.39, 0.29) is 0 Å². The zero-order valence-electron chi connectivity index (χ0n) is 10.3. The minimum absolute atomic E-state index is 0.353. The van der Waals surface area contributed by atoms with Gasteiger partial charge in [0.25, 0.3) is 0 Å². The van der Waals surface area contributed by atoms with Crippen LogP contribution in [0.15, 0.2) is 6.07 Å². The molecule has 0 bridgehead atoms. The molecule has 0 aliphatic heterocycles. The quantitative estimate of drug-likeness (QED) is 0.834. The molecule has 0 amide bonds. The van der Waals surface area contributed by atoms with E-state index < -0.39 is 0 Å². The van der Waals surface area contributed by atoms with E-state index >= 15 is 0 Å². The molecule has 5 heteroatoms. The lowest BCUT2D eigenvalue weighted by Gasteiger charge is -2.22. The molecule has 2 N–H and O–H groups in total. The number of nitrogens with one attached hydrogen (secondary N) is 2. The van der Waals surface area contributed by atoms with E-state index in [1.54, 1.807) is 0 Å². The molecule has 0 saturated heterocycles. The van der Waals surface area contributed by atoms with E-state index in [9.17, 15) is 4.79 Å². The van der Waals surface area contributed by atoms with Crippen molar-refractivity contribution in [1.29, 1.82) is 0 Å². The Kier molecular flexibility index (Phi) is 3.56. The van der Waals surface area contributed by atoms with Crippen LogP contribution in [0.4, 0.5) is 11.6 Å². The number of anilines is 2. The summed E-state index contributed by atoms with van der Waals surface area (Å²) < 4.78 is 0. The fraction of sp³-hybridized carbons (Fsp3) is 0.583. The van der Waals surface area contributed by atoms with E-state index in [1.165, 1.54) is 0 Å². The smallest absolute Gasteiger partial charge is 0.133 e. The third-order valence-corrected chi connectivity index (χ3v) is 2.99. The predicted octanol–water partition coefficient (Wildman–Crippen LogP) is 1.75. The number of hydrogen-bond acceptors (Lipinski definition) is 5. The van der Waals surface area contributed by atoms with Gasteiger partial charge in [0.1, 0.15) is 23.2 Å². The molecule has 1 fully saturated rings. The normalized spacial score (nSPS) is 16.9. The Morgan fingerprint density at radius 3 is 2.53 bits per heavy atom. The molecular formula is C12H18N4O. The van der Waals surface area contributed by atoms with Crippen molar-refractivity contribution in [3.05, 3.63) is 11.9 Å². The number of carbonyl (C=O) groups is 1. The summed E-state index contributed by atoms with van der Waals surface area (Å²) in [6, 6.07) is 2.25. The molecule has 5 nitrogen and oxygen atoms in total. The molecule has 0 unspecified atom stereocenters. The Balaban J connectivity index is 2.02. The average molecular weight is 234 g/mol. The van der Waals surface area contributed by atoms with Crippen molar-refractivity contribution in [3.8, 4) is 0 Å². The van der Waals surface area contributed by atoms with Crippen molar-refractivity contribution in [2.75, 3.05) is 17.7 Å². The molecule has 1 aromatic rings. The first kappa shape index (κ1) is 11.8. The maximum Gasteiger partial charge on any atom is 0.133 e. The zero-order chi connectivity index (χ0) is 12.3. The van der Waals surface area contributed by atoms with Gasteiger partial charge in [-0.05, 0) is 19.8 Å². The molecule has 17 heavy (non-hydrogen) atoms. The third-order valence-electron chi connectivity index (χ3n) is 2.99. The summed E-state index contributed by atoms with van der Waals surface area (Å²) in [5.41, 5.74) is 0. The largest absolute Gasteiger partial charge is 0.373 e. The van der Waals surface area contributed by atoms with Crippen molar-refractivity contribution in [3.63, 3.8) is 0 Å². The number of nitrogens with zero attached hydrogens (tertiary/aromatic N) is 2. The maximum atomic E-state index is 11.2. The Hall–Kier alpha value is -1.65. The minimum Gasteiger partial charge on any atom is -0.373 e. The van der Waals surface area contributed by atoms with E-state index in [1.807, 2.05) is 20.0 Å². The van der Waals surface area contributed by atoms with Crippen molar-refractivity contribution in [1.82, 2.24) is 9.97 Å². The Morgan fingerprint density at radius 2 is 1.88 bits per heavy atom. The molecule has 1 heterocycles. The van der Waals surface area contributed by atoms with Crippen LogP contribution >= 0.6 is 0 Å². The predicted molar refractivity (Wildman–Crippen MR) is 67.2 cm³/mol. The lowest BCUT2D eigenvalue weighted by atomic mass is 9.94. The Labute approximate surface area is 101 Å². The van der Waals surface area contributed by atoms with Crippen LogP contribution in [0.5, 0.6) is 0 Å². The molecule has 1 aliphatic rings. The number of carbonyl (C=O) groups excluding carboxylic acids is 1. The highest BCUT2D eigenvalue weighted by Crippen LogP contribution is 2.19. The van der Waals surface area contributed by atoms with Crippen molar-refractivity contribution in [2.45, 2.75) is 38.6 Å². The summed E-state index contributed by atoms with van der Waals surface area (Å²) in [6.07, 6.45) is 3.16. The van der Waals surface area contributed by atoms with E-state index in [0.29, 0.717) is 24.7 Å². The Bertz CT molecular complexity index is 409. The number of aryl methyl sites for hydroxylation is 1. The molecule has 1 saturated carbocycles. The first-order chi connectivity index (χ1) is 8.17. The molecule has 0 aromatic carbocycles. The standard InChI is InChI=1S/C12H18N4O/c1-8-14-11(13-2)7-12(15-8)16-9-3-5-10(17)6-4-9/h7,9H,3-6H2,1-2H3,(H2,13,14,15,16). The van der Waals surface area contributed by atoms with Gasteiger partial charge < -0.3 is 10.6 Å². The summed E-state index contributed by atoms with van der Waals surface area (Å²) in [7, 11) is 1.84. The lowest BCUT2D eigenvalue weighted by molar-refractivity contribution is -0.120. The van der Waals surface area contributed by atoms with Gasteiger partial charge in [0.2, 0.25) is 0 Å². The van der Waals surface area contributed by atoms with Gasteiger partial charge in [-0.3, -0.25) is 4.79 Å². The molecule has 0 radical (unpaired) electrons. The molecular weight excluding hydrogens is 216 g/mol. The van der Waals surface area contributed by atoms with Crippen molar-refractivity contribution in [2.24, 2.45) is 0 Å². The van der Waals surface area contributed by atoms with Gasteiger partial charge in [-0.25, -0.2) is 9.97 Å². The highest BCUT2D eigenvalue weighted by atomic mass is 16.1. The lowest BCUT2D eigenvalue weighted by Crippen LogP contribution is -2.26. The number of Topliss-reactive ketones (excluding diaryl/α,β-unsaturated/α-hetero) is 1. The first-order valence-corrected chi connectivity index (χ1v) is 5.99. The second-order valence-electron chi connectivity index (χ2n) is 4.39. The van der Waals surface area contributed by atoms with Gasteiger partial charge >= 0.3 is 0 Å². The zero-order valence-corrected chi connectivity index (χ0v) is 10.3. The molecule has 92 valence electrons. The SMILES string of the molecule is CNc1cc(NC2CCC(=O)CC2)nc(C)n1. The second-order valence-corrected chi connectivity index (χ2v) is 4.39. The topological polar surface area (TPSA) is 66.9 Å². The second kappa shape index (κ2) is 5.12. The number of aromatic nitrogens is 2. The highest BCUT2D eigenvalue weighted by molar-refractivity contribution is 5.79. The van der Waals surface area contributed by atoms with Crippen LogP contribution in [-0.4, -0.2) is 28.8 Å². The van der Waals surface area contributed by atoms with E-state index in [4.69, 9.17) is 0 Å². The van der Waals surface area contributed by atoms with Gasteiger partial charge in [-0.2, -0.15) is 0 Å². The minimum atomic E-state index is 0.353. The van der Waals surface area contributed by atoms with Crippen LogP contribution in [0.3, 0.4) is 0 Å². The summed E-state index contributed by atoms with van der Waals surface area (Å²) in [6.45, 7) is 1.87. The summed E-state index contributed by atoms with van der Waals surface area (Å²) in [5, 5.41) is 6.38. The van der Waals surface area contributed by atoms with E-state index in [2.05, 4.69) is 20.6 Å². The summed E-state index contributed by atoms with van der Waals surface area (Å²) >= 11 is 0. The Morgan fingerprint density at radius 1 is 1.24 bits per heavy atom. The molecule has 2 rings (SSSR count). The molecule has 0 spiro atoms. The van der Waals surface area contributed by atoms with Crippen molar-refractivity contribution < 1.29 is 4.79 Å². The fourth-order valence-electron chi connectivity index (χ4n) is 2.06. The average Bonchev–Trinajstić information content (AvgIpc) is 2.31. The molecule has 1 aliphatic carbocycles. The number of hydrogen-bond donors (Lipinski definition) is 2. The van der Waals surface area contributed by atoms with Crippen molar-refractivity contribution >= 4 is 17.4 Å². The van der Waals surface area contributed by atoms with Crippen LogP contribution in [0, 0.1) is 6.92 Å². The van der Waals surface area contributed by atoms with Gasteiger partial charge in [0.15, 0.2) is 0 Å². The fourth-order valence-corrected chi connectivity index (χ4v) is 2.06. The van der Waals surface area contributed by atoms with Gasteiger partial charge in [-0.1, -0.05) is 0 Å². The summed E-state index contributed by atoms with van der Waals surface area (Å²) in [5.74, 6) is 2.76. The number of rotatable bonds is 3. The monoisotopic (exact) mass is 234 g/mol. The van der Waals surface area contributed by atoms with Crippen LogP contribution in [-0.2, 0) is 4.79 Å². The van der Waals surface area contributed by atoms with Gasteiger partial charge in [0.05, 0.1) is 0 Å². The van der Waals surface area contributed by atoms with Gasteiger partial charge in [-0.15, -0.1) is 0 Å².